The fourth-order valence-electron chi connectivity index (χ4n) is 3.66. The Labute approximate surface area is 189 Å². The molecule has 0 unspecified atom stereocenters. The number of rotatable bonds is 7. The van der Waals surface area contributed by atoms with Crippen LogP contribution in [0.1, 0.15) is 47.2 Å². The van der Waals surface area contributed by atoms with Gasteiger partial charge in [-0.2, -0.15) is 0 Å². The molecule has 0 atom stereocenters. The highest BCUT2D eigenvalue weighted by Gasteiger charge is 2.31. The second kappa shape index (κ2) is 9.13. The van der Waals surface area contributed by atoms with E-state index >= 15 is 0 Å². The van der Waals surface area contributed by atoms with Crippen molar-refractivity contribution in [3.8, 4) is 17.0 Å². The number of aromatic nitrogens is 1. The number of carbonyl (C=O) groups excluding carboxylic acids is 1. The molecule has 33 heavy (non-hydrogen) atoms. The zero-order chi connectivity index (χ0) is 23.6. The van der Waals surface area contributed by atoms with E-state index in [4.69, 9.17) is 4.74 Å². The summed E-state index contributed by atoms with van der Waals surface area (Å²) in [6.07, 6.45) is -0.951. The van der Waals surface area contributed by atoms with Gasteiger partial charge in [-0.05, 0) is 74.1 Å². The number of esters is 1. The van der Waals surface area contributed by atoms with Gasteiger partial charge in [-0.25, -0.2) is 4.79 Å². The highest BCUT2D eigenvalue weighted by molar-refractivity contribution is 5.97. The normalized spacial score (nSPS) is 13.5. The van der Waals surface area contributed by atoms with Crippen molar-refractivity contribution < 1.29 is 27.4 Å². The van der Waals surface area contributed by atoms with Crippen LogP contribution in [0.4, 0.5) is 24.5 Å². The summed E-state index contributed by atoms with van der Waals surface area (Å²) in [5.74, 6) is -0.212. The van der Waals surface area contributed by atoms with Gasteiger partial charge < -0.3 is 14.8 Å². The number of alkyl halides is 3. The van der Waals surface area contributed by atoms with Crippen LogP contribution in [0.25, 0.3) is 11.3 Å². The molecule has 1 heterocycles. The van der Waals surface area contributed by atoms with E-state index in [0.29, 0.717) is 34.1 Å². The molecule has 172 valence electrons. The van der Waals surface area contributed by atoms with Crippen molar-refractivity contribution in [2.45, 2.75) is 39.0 Å². The third-order valence-electron chi connectivity index (χ3n) is 5.29. The molecule has 3 aromatic rings. The number of anilines is 2. The van der Waals surface area contributed by atoms with E-state index in [1.54, 1.807) is 19.2 Å². The lowest BCUT2D eigenvalue weighted by Crippen LogP contribution is -2.17. The van der Waals surface area contributed by atoms with Crippen LogP contribution in [-0.2, 0) is 4.74 Å². The molecule has 0 amide bonds. The fourth-order valence-corrected chi connectivity index (χ4v) is 3.66. The Morgan fingerprint density at radius 2 is 1.94 bits per heavy atom. The summed E-state index contributed by atoms with van der Waals surface area (Å²) in [6.45, 7) is 3.85. The van der Waals surface area contributed by atoms with Gasteiger partial charge in [-0.3, -0.25) is 4.98 Å². The predicted molar refractivity (Wildman–Crippen MR) is 119 cm³/mol. The number of nitrogens with one attached hydrogen (secondary N) is 1. The third-order valence-corrected chi connectivity index (χ3v) is 5.29. The number of ether oxygens (including phenoxy) is 2. The highest BCUT2D eigenvalue weighted by atomic mass is 19.4. The molecule has 2 aromatic carbocycles. The van der Waals surface area contributed by atoms with Crippen molar-refractivity contribution in [1.82, 2.24) is 4.98 Å². The minimum absolute atomic E-state index is 0.276. The first kappa shape index (κ1) is 22.6. The molecule has 8 heteroatoms. The van der Waals surface area contributed by atoms with Crippen LogP contribution in [0.3, 0.4) is 0 Å². The van der Waals surface area contributed by atoms with E-state index in [1.807, 2.05) is 31.2 Å². The van der Waals surface area contributed by atoms with Gasteiger partial charge in [-0.15, -0.1) is 13.2 Å². The number of nitrogens with zero attached hydrogens (tertiary/aromatic N) is 1. The molecule has 4 rings (SSSR count). The lowest BCUT2D eigenvalue weighted by molar-refractivity contribution is -0.274. The topological polar surface area (TPSA) is 60.5 Å². The Balaban J connectivity index is 1.59. The van der Waals surface area contributed by atoms with E-state index in [1.165, 1.54) is 18.2 Å². The molecule has 0 spiro atoms. The van der Waals surface area contributed by atoms with Gasteiger partial charge in [-0.1, -0.05) is 18.2 Å². The van der Waals surface area contributed by atoms with Crippen molar-refractivity contribution in [1.29, 1.82) is 0 Å². The summed E-state index contributed by atoms with van der Waals surface area (Å²) < 4.78 is 46.9. The quantitative estimate of drug-likeness (QED) is 0.398. The van der Waals surface area contributed by atoms with E-state index < -0.39 is 12.3 Å². The summed E-state index contributed by atoms with van der Waals surface area (Å²) >= 11 is 0. The average molecular weight is 456 g/mol. The number of benzene rings is 2. The van der Waals surface area contributed by atoms with E-state index in [9.17, 15) is 18.0 Å². The van der Waals surface area contributed by atoms with Gasteiger partial charge in [0, 0.05) is 5.56 Å². The maximum atomic E-state index is 12.5. The number of carbonyl (C=O) groups is 1. The Morgan fingerprint density at radius 3 is 2.61 bits per heavy atom. The fraction of sp³-hybridized carbons (Fsp3) is 0.280. The van der Waals surface area contributed by atoms with Crippen LogP contribution in [0.5, 0.6) is 5.75 Å². The lowest BCUT2D eigenvalue weighted by atomic mass is 10.0. The largest absolute Gasteiger partial charge is 0.573 e. The molecule has 1 N–H and O–H groups in total. The van der Waals surface area contributed by atoms with Crippen molar-refractivity contribution in [2.24, 2.45) is 0 Å². The summed E-state index contributed by atoms with van der Waals surface area (Å²) in [5, 5.41) is 3.22. The smallest absolute Gasteiger partial charge is 0.462 e. The minimum atomic E-state index is -4.76. The molecule has 1 aliphatic carbocycles. The second-order valence-corrected chi connectivity index (χ2v) is 7.89. The van der Waals surface area contributed by atoms with Gasteiger partial charge in [0.15, 0.2) is 0 Å². The molecule has 1 fully saturated rings. The standard InChI is InChI=1S/C25H23F3N2O3/c1-3-32-24(31)21-13-17(16-7-8-16)9-10-22(21)30-19-11-15(2)23(29-14-19)18-5-4-6-20(12-18)33-25(26,27)28/h4-6,9-14,16,30H,3,7-8H2,1-2H3. The molecule has 0 bridgehead atoms. The zero-order valence-electron chi connectivity index (χ0n) is 18.2. The monoisotopic (exact) mass is 456 g/mol. The highest BCUT2D eigenvalue weighted by Crippen LogP contribution is 2.41. The SMILES string of the molecule is CCOC(=O)c1cc(C2CC2)ccc1Nc1cnc(-c2cccc(OC(F)(F)F)c2)c(C)c1. The zero-order valence-corrected chi connectivity index (χ0v) is 18.2. The molecule has 1 saturated carbocycles. The van der Waals surface area contributed by atoms with Crippen molar-refractivity contribution in [3.05, 3.63) is 71.4 Å². The first-order chi connectivity index (χ1) is 15.7. The number of aryl methyl sites for hydroxylation is 1. The predicted octanol–water partition coefficient (Wildman–Crippen LogP) is 6.75. The Hall–Kier alpha value is -3.55. The molecule has 1 aliphatic rings. The molecule has 1 aromatic heterocycles. The summed E-state index contributed by atoms with van der Waals surface area (Å²) in [7, 11) is 0. The van der Waals surface area contributed by atoms with Gasteiger partial charge in [0.25, 0.3) is 0 Å². The van der Waals surface area contributed by atoms with Gasteiger partial charge in [0.05, 0.1) is 35.4 Å². The minimum Gasteiger partial charge on any atom is -0.462 e. The molecule has 0 saturated heterocycles. The van der Waals surface area contributed by atoms with Crippen LogP contribution in [0, 0.1) is 6.92 Å². The van der Waals surface area contributed by atoms with Crippen LogP contribution in [0.2, 0.25) is 0 Å². The van der Waals surface area contributed by atoms with Crippen LogP contribution in [0.15, 0.2) is 54.7 Å². The maximum absolute atomic E-state index is 12.5. The first-order valence-electron chi connectivity index (χ1n) is 10.6. The first-order valence-corrected chi connectivity index (χ1v) is 10.6. The van der Waals surface area contributed by atoms with Crippen molar-refractivity contribution in [3.63, 3.8) is 0 Å². The van der Waals surface area contributed by atoms with Crippen molar-refractivity contribution in [2.75, 3.05) is 11.9 Å². The van der Waals surface area contributed by atoms with Gasteiger partial charge >= 0.3 is 12.3 Å². The second-order valence-electron chi connectivity index (χ2n) is 7.89. The summed E-state index contributed by atoms with van der Waals surface area (Å²) in [6, 6.07) is 13.3. The van der Waals surface area contributed by atoms with Gasteiger partial charge in [0.2, 0.25) is 0 Å². The Bertz CT molecular complexity index is 1170. The number of hydrogen-bond donors (Lipinski definition) is 1. The molecular weight excluding hydrogens is 433 g/mol. The van der Waals surface area contributed by atoms with Crippen molar-refractivity contribution >= 4 is 17.3 Å². The Kier molecular flexibility index (Phi) is 6.26. The molecule has 0 radical (unpaired) electrons. The number of hydrogen-bond acceptors (Lipinski definition) is 5. The summed E-state index contributed by atoms with van der Waals surface area (Å²) in [4.78, 5) is 17.0. The molecule has 5 nitrogen and oxygen atoms in total. The Morgan fingerprint density at radius 1 is 1.15 bits per heavy atom. The van der Waals surface area contributed by atoms with Gasteiger partial charge in [0.1, 0.15) is 5.75 Å². The van der Waals surface area contributed by atoms with E-state index in [2.05, 4.69) is 15.0 Å². The average Bonchev–Trinajstić information content (AvgIpc) is 3.59. The van der Waals surface area contributed by atoms with Crippen LogP contribution < -0.4 is 10.1 Å². The number of pyridine rings is 1. The number of halogens is 3. The summed E-state index contributed by atoms with van der Waals surface area (Å²) in [5.41, 5.74) is 4.60. The third kappa shape index (κ3) is 5.63. The van der Waals surface area contributed by atoms with Crippen LogP contribution >= 0.6 is 0 Å². The lowest BCUT2D eigenvalue weighted by Gasteiger charge is -2.15. The van der Waals surface area contributed by atoms with Crippen LogP contribution in [-0.4, -0.2) is 23.9 Å². The maximum Gasteiger partial charge on any atom is 0.573 e. The molecule has 0 aliphatic heterocycles. The molecular formula is C25H23F3N2O3. The van der Waals surface area contributed by atoms with E-state index in [0.717, 1.165) is 24.0 Å². The van der Waals surface area contributed by atoms with E-state index in [-0.39, 0.29) is 12.4 Å².